The summed E-state index contributed by atoms with van der Waals surface area (Å²) in [6, 6.07) is 0. The van der Waals surface area contributed by atoms with Crippen LogP contribution >= 0.6 is 0 Å². The number of hydrogen-bond donors (Lipinski definition) is 1. The van der Waals surface area contributed by atoms with Crippen molar-refractivity contribution in [3.63, 3.8) is 0 Å². The molecule has 0 saturated heterocycles. The Morgan fingerprint density at radius 2 is 2.13 bits per heavy atom. The average molecular weight is 214 g/mol. The van der Waals surface area contributed by atoms with Crippen molar-refractivity contribution in [3.8, 4) is 0 Å². The van der Waals surface area contributed by atoms with E-state index in [1.807, 2.05) is 0 Å². The van der Waals surface area contributed by atoms with Crippen LogP contribution in [-0.4, -0.2) is 24.4 Å². The van der Waals surface area contributed by atoms with E-state index in [9.17, 15) is 0 Å². The molecular weight excluding hydrogens is 188 g/mol. The summed E-state index contributed by atoms with van der Waals surface area (Å²) in [5.74, 6) is 1.59. The second-order valence-electron chi connectivity index (χ2n) is 4.95. The van der Waals surface area contributed by atoms with Gasteiger partial charge in [-0.25, -0.2) is 0 Å². The lowest BCUT2D eigenvalue weighted by atomic mass is 9.78. The van der Waals surface area contributed by atoms with E-state index >= 15 is 0 Å². The number of rotatable bonds is 6. The van der Waals surface area contributed by atoms with E-state index < -0.39 is 0 Å². The molecule has 0 aromatic carbocycles. The predicted molar refractivity (Wildman–Crippen MR) is 62.9 cm³/mol. The van der Waals surface area contributed by atoms with E-state index in [-0.39, 0.29) is 6.61 Å². The Morgan fingerprint density at radius 3 is 2.80 bits per heavy atom. The van der Waals surface area contributed by atoms with Gasteiger partial charge in [-0.1, -0.05) is 26.7 Å². The average Bonchev–Trinajstić information content (AvgIpc) is 2.22. The second kappa shape index (κ2) is 7.24. The van der Waals surface area contributed by atoms with Crippen LogP contribution in [0.5, 0.6) is 0 Å². The van der Waals surface area contributed by atoms with Gasteiger partial charge < -0.3 is 9.84 Å². The van der Waals surface area contributed by atoms with Gasteiger partial charge in [0.25, 0.3) is 0 Å². The Morgan fingerprint density at radius 1 is 1.33 bits per heavy atom. The Balaban J connectivity index is 2.32. The number of ether oxygens (including phenoxy) is 1. The molecule has 1 N–H and O–H groups in total. The molecule has 3 unspecified atom stereocenters. The Bertz CT molecular complexity index is 159. The first-order valence-corrected chi connectivity index (χ1v) is 6.50. The normalized spacial score (nSPS) is 31.8. The summed E-state index contributed by atoms with van der Waals surface area (Å²) < 4.78 is 5.90. The Hall–Kier alpha value is -0.0800. The minimum atomic E-state index is 0.251. The Kier molecular flexibility index (Phi) is 6.26. The van der Waals surface area contributed by atoms with E-state index in [0.29, 0.717) is 6.10 Å². The van der Waals surface area contributed by atoms with Gasteiger partial charge in [0.2, 0.25) is 0 Å². The highest BCUT2D eigenvalue weighted by atomic mass is 16.5. The van der Waals surface area contributed by atoms with Gasteiger partial charge in [-0.15, -0.1) is 0 Å². The maximum Gasteiger partial charge on any atom is 0.0605 e. The van der Waals surface area contributed by atoms with Crippen molar-refractivity contribution in [1.82, 2.24) is 0 Å². The molecule has 0 aromatic heterocycles. The summed E-state index contributed by atoms with van der Waals surface area (Å²) >= 11 is 0. The van der Waals surface area contributed by atoms with E-state index in [0.717, 1.165) is 24.9 Å². The summed E-state index contributed by atoms with van der Waals surface area (Å²) in [7, 11) is 0. The van der Waals surface area contributed by atoms with Crippen molar-refractivity contribution in [2.75, 3.05) is 13.2 Å². The summed E-state index contributed by atoms with van der Waals surface area (Å²) in [5, 5.41) is 8.74. The molecule has 1 saturated carbocycles. The van der Waals surface area contributed by atoms with E-state index in [1.54, 1.807) is 0 Å². The summed E-state index contributed by atoms with van der Waals surface area (Å²) in [6.45, 7) is 5.56. The minimum absolute atomic E-state index is 0.251. The maximum absolute atomic E-state index is 8.74. The van der Waals surface area contributed by atoms with Crippen LogP contribution in [0.15, 0.2) is 0 Å². The predicted octanol–water partition coefficient (Wildman–Crippen LogP) is 2.99. The van der Waals surface area contributed by atoms with Gasteiger partial charge in [0, 0.05) is 13.2 Å². The lowest BCUT2D eigenvalue weighted by molar-refractivity contribution is -0.0304. The van der Waals surface area contributed by atoms with Crippen LogP contribution in [0.2, 0.25) is 0 Å². The molecule has 0 amide bonds. The van der Waals surface area contributed by atoms with E-state index in [1.165, 1.54) is 32.1 Å². The molecule has 90 valence electrons. The summed E-state index contributed by atoms with van der Waals surface area (Å²) in [5.41, 5.74) is 0. The molecule has 0 aromatic rings. The smallest absolute Gasteiger partial charge is 0.0605 e. The molecule has 3 atom stereocenters. The zero-order valence-corrected chi connectivity index (χ0v) is 10.2. The first-order chi connectivity index (χ1) is 7.27. The van der Waals surface area contributed by atoms with Gasteiger partial charge in [0.05, 0.1) is 6.10 Å². The molecule has 15 heavy (non-hydrogen) atoms. The number of aliphatic hydroxyl groups excluding tert-OH is 1. The lowest BCUT2D eigenvalue weighted by Gasteiger charge is -2.34. The highest BCUT2D eigenvalue weighted by molar-refractivity contribution is 4.79. The molecule has 2 heteroatoms. The largest absolute Gasteiger partial charge is 0.396 e. The van der Waals surface area contributed by atoms with Crippen molar-refractivity contribution in [2.45, 2.75) is 58.5 Å². The third-order valence-corrected chi connectivity index (χ3v) is 3.48. The zero-order chi connectivity index (χ0) is 11.1. The first-order valence-electron chi connectivity index (χ1n) is 6.50. The van der Waals surface area contributed by atoms with Crippen LogP contribution in [0, 0.1) is 11.8 Å². The van der Waals surface area contributed by atoms with Crippen LogP contribution in [-0.2, 0) is 4.74 Å². The molecule has 0 heterocycles. The van der Waals surface area contributed by atoms with Crippen LogP contribution in [0.25, 0.3) is 0 Å². The highest BCUT2D eigenvalue weighted by Crippen LogP contribution is 2.33. The van der Waals surface area contributed by atoms with Crippen LogP contribution < -0.4 is 0 Å². The molecule has 1 aliphatic carbocycles. The van der Waals surface area contributed by atoms with Crippen molar-refractivity contribution < 1.29 is 9.84 Å². The van der Waals surface area contributed by atoms with Crippen molar-refractivity contribution >= 4 is 0 Å². The van der Waals surface area contributed by atoms with Gasteiger partial charge in [-0.3, -0.25) is 0 Å². The Labute approximate surface area is 94.0 Å². The van der Waals surface area contributed by atoms with Crippen LogP contribution in [0.3, 0.4) is 0 Å². The molecular formula is C13H26O2. The highest BCUT2D eigenvalue weighted by Gasteiger charge is 2.28. The van der Waals surface area contributed by atoms with Crippen LogP contribution in [0.4, 0.5) is 0 Å². The molecule has 1 aliphatic rings. The quantitative estimate of drug-likeness (QED) is 0.689. The number of aliphatic hydroxyl groups is 1. The third-order valence-electron chi connectivity index (χ3n) is 3.48. The molecule has 1 rings (SSSR count). The molecule has 0 aliphatic heterocycles. The number of hydrogen-bond acceptors (Lipinski definition) is 2. The van der Waals surface area contributed by atoms with Gasteiger partial charge in [0.1, 0.15) is 0 Å². The molecule has 0 spiro atoms. The molecule has 2 nitrogen and oxygen atoms in total. The molecule has 0 bridgehead atoms. The van der Waals surface area contributed by atoms with E-state index in [2.05, 4.69) is 13.8 Å². The summed E-state index contributed by atoms with van der Waals surface area (Å²) in [6.07, 6.45) is 7.72. The fourth-order valence-electron chi connectivity index (χ4n) is 2.60. The monoisotopic (exact) mass is 214 g/mol. The second-order valence-corrected chi connectivity index (χ2v) is 4.95. The molecule has 0 radical (unpaired) electrons. The third kappa shape index (κ3) is 4.52. The summed E-state index contributed by atoms with van der Waals surface area (Å²) in [4.78, 5) is 0. The van der Waals surface area contributed by atoms with Crippen molar-refractivity contribution in [3.05, 3.63) is 0 Å². The fraction of sp³-hybridized carbons (Fsp3) is 1.00. The van der Waals surface area contributed by atoms with Gasteiger partial charge in [0.15, 0.2) is 0 Å². The van der Waals surface area contributed by atoms with Gasteiger partial charge in [-0.2, -0.15) is 0 Å². The van der Waals surface area contributed by atoms with Gasteiger partial charge >= 0.3 is 0 Å². The minimum Gasteiger partial charge on any atom is -0.396 e. The fourth-order valence-corrected chi connectivity index (χ4v) is 2.60. The molecule has 1 fully saturated rings. The standard InChI is InChI=1S/C13H26O2/c1-3-5-12-7-6-11(2)10-13(12)15-9-4-8-14/h11-14H,3-10H2,1-2H3. The zero-order valence-electron chi connectivity index (χ0n) is 10.2. The van der Waals surface area contributed by atoms with Crippen molar-refractivity contribution in [2.24, 2.45) is 11.8 Å². The SMILES string of the molecule is CCCC1CCC(C)CC1OCCCO. The topological polar surface area (TPSA) is 29.5 Å². The van der Waals surface area contributed by atoms with Crippen LogP contribution in [0.1, 0.15) is 52.4 Å². The van der Waals surface area contributed by atoms with E-state index in [4.69, 9.17) is 9.84 Å². The van der Waals surface area contributed by atoms with Crippen molar-refractivity contribution in [1.29, 1.82) is 0 Å². The lowest BCUT2D eigenvalue weighted by Crippen LogP contribution is -2.31. The van der Waals surface area contributed by atoms with Gasteiger partial charge in [-0.05, 0) is 37.5 Å². The first kappa shape index (κ1) is 13.0. The maximum atomic E-state index is 8.74.